The quantitative estimate of drug-likeness (QED) is 0.740. The summed E-state index contributed by atoms with van der Waals surface area (Å²) in [4.78, 5) is 2.29. The molecule has 1 nitrogen and oxygen atoms in total. The van der Waals surface area contributed by atoms with Crippen molar-refractivity contribution >= 4 is 5.69 Å². The summed E-state index contributed by atoms with van der Waals surface area (Å²) in [5.41, 5.74) is 7.70. The summed E-state index contributed by atoms with van der Waals surface area (Å²) < 4.78 is 0. The van der Waals surface area contributed by atoms with Gasteiger partial charge in [-0.3, -0.25) is 0 Å². The highest BCUT2D eigenvalue weighted by Gasteiger charge is 2.12. The zero-order chi connectivity index (χ0) is 15.4. The number of anilines is 1. The number of aryl methyl sites for hydroxylation is 4. The fourth-order valence-electron chi connectivity index (χ4n) is 2.91. The molecule has 0 saturated carbocycles. The summed E-state index contributed by atoms with van der Waals surface area (Å²) in [6.45, 7) is 10.0. The van der Waals surface area contributed by atoms with Gasteiger partial charge in [0, 0.05) is 12.2 Å². The first-order valence-corrected chi connectivity index (χ1v) is 7.33. The predicted molar refractivity (Wildman–Crippen MR) is 91.7 cm³/mol. The molecule has 0 saturated heterocycles. The van der Waals surface area contributed by atoms with Gasteiger partial charge in [-0.15, -0.1) is 6.42 Å². The highest BCUT2D eigenvalue weighted by molar-refractivity contribution is 5.61. The minimum absolute atomic E-state index is 0.624. The van der Waals surface area contributed by atoms with Gasteiger partial charge in [-0.1, -0.05) is 53.4 Å². The topological polar surface area (TPSA) is 3.24 Å². The van der Waals surface area contributed by atoms with Crippen LogP contribution in [0.5, 0.6) is 0 Å². The van der Waals surface area contributed by atoms with E-state index in [1.54, 1.807) is 0 Å². The minimum Gasteiger partial charge on any atom is -0.356 e. The van der Waals surface area contributed by atoms with Crippen LogP contribution in [-0.4, -0.2) is 6.54 Å². The molecule has 0 N–H and O–H groups in total. The molecule has 2 aromatic rings. The molecule has 0 aliphatic heterocycles. The molecule has 21 heavy (non-hydrogen) atoms. The van der Waals surface area contributed by atoms with E-state index in [1.165, 1.54) is 33.5 Å². The average molecular weight is 277 g/mol. The fourth-order valence-corrected chi connectivity index (χ4v) is 2.91. The molecule has 0 bridgehead atoms. The van der Waals surface area contributed by atoms with Crippen molar-refractivity contribution in [2.45, 2.75) is 34.2 Å². The number of hydrogen-bond donors (Lipinski definition) is 0. The molecule has 0 atom stereocenters. The van der Waals surface area contributed by atoms with E-state index in [9.17, 15) is 0 Å². The molecule has 0 heterocycles. The number of terminal acetylenes is 1. The van der Waals surface area contributed by atoms with E-state index in [0.29, 0.717) is 6.54 Å². The Kier molecular flexibility index (Phi) is 4.70. The zero-order valence-electron chi connectivity index (χ0n) is 13.4. The van der Waals surface area contributed by atoms with E-state index >= 15 is 0 Å². The SMILES string of the molecule is C#CCN(Cc1ccc(C)cc1)c1c(C)cc(C)cc1C. The Labute approximate surface area is 128 Å². The van der Waals surface area contributed by atoms with Crippen molar-refractivity contribution in [3.63, 3.8) is 0 Å². The first kappa shape index (κ1) is 15.2. The van der Waals surface area contributed by atoms with Gasteiger partial charge in [-0.05, 0) is 44.4 Å². The van der Waals surface area contributed by atoms with Crippen LogP contribution in [0.25, 0.3) is 0 Å². The van der Waals surface area contributed by atoms with Crippen molar-refractivity contribution in [3.8, 4) is 12.3 Å². The number of benzene rings is 2. The van der Waals surface area contributed by atoms with Crippen molar-refractivity contribution in [2.75, 3.05) is 11.4 Å². The van der Waals surface area contributed by atoms with E-state index in [0.717, 1.165) is 6.54 Å². The van der Waals surface area contributed by atoms with E-state index in [4.69, 9.17) is 6.42 Å². The molecule has 2 rings (SSSR count). The van der Waals surface area contributed by atoms with Crippen molar-refractivity contribution < 1.29 is 0 Å². The molecule has 108 valence electrons. The van der Waals surface area contributed by atoms with Crippen molar-refractivity contribution in [1.29, 1.82) is 0 Å². The monoisotopic (exact) mass is 277 g/mol. The molecule has 0 spiro atoms. The van der Waals surface area contributed by atoms with Gasteiger partial charge in [0.1, 0.15) is 0 Å². The molecule has 0 aliphatic rings. The van der Waals surface area contributed by atoms with Crippen LogP contribution in [-0.2, 0) is 6.54 Å². The van der Waals surface area contributed by atoms with Gasteiger partial charge in [-0.2, -0.15) is 0 Å². The fraction of sp³-hybridized carbons (Fsp3) is 0.300. The maximum atomic E-state index is 5.58. The smallest absolute Gasteiger partial charge is 0.0795 e. The molecule has 0 aromatic heterocycles. The second kappa shape index (κ2) is 6.50. The Hall–Kier alpha value is -2.20. The Morgan fingerprint density at radius 1 is 0.905 bits per heavy atom. The largest absolute Gasteiger partial charge is 0.356 e. The molecule has 0 fully saturated rings. The van der Waals surface area contributed by atoms with Crippen LogP contribution in [0.3, 0.4) is 0 Å². The van der Waals surface area contributed by atoms with Gasteiger partial charge < -0.3 is 4.90 Å². The van der Waals surface area contributed by atoms with Crippen molar-refractivity contribution in [1.82, 2.24) is 0 Å². The molecule has 1 heteroatoms. The van der Waals surface area contributed by atoms with Crippen LogP contribution in [0.4, 0.5) is 5.69 Å². The lowest BCUT2D eigenvalue weighted by Gasteiger charge is -2.27. The van der Waals surface area contributed by atoms with Crippen LogP contribution in [0, 0.1) is 40.0 Å². The van der Waals surface area contributed by atoms with Crippen molar-refractivity contribution in [3.05, 3.63) is 64.2 Å². The maximum Gasteiger partial charge on any atom is 0.0795 e. The third-order valence-corrected chi connectivity index (χ3v) is 3.73. The molecule has 0 unspecified atom stereocenters. The summed E-state index contributed by atoms with van der Waals surface area (Å²) in [7, 11) is 0. The van der Waals surface area contributed by atoms with Crippen LogP contribution in [0.1, 0.15) is 27.8 Å². The molecular weight excluding hydrogens is 254 g/mol. The predicted octanol–water partition coefficient (Wildman–Crippen LogP) is 4.56. The van der Waals surface area contributed by atoms with Gasteiger partial charge in [0.2, 0.25) is 0 Å². The summed E-state index contributed by atoms with van der Waals surface area (Å²) in [5.74, 6) is 2.79. The van der Waals surface area contributed by atoms with Crippen LogP contribution in [0.15, 0.2) is 36.4 Å². The summed E-state index contributed by atoms with van der Waals surface area (Å²) in [6, 6.07) is 13.1. The van der Waals surface area contributed by atoms with Gasteiger partial charge in [-0.25, -0.2) is 0 Å². The number of hydrogen-bond acceptors (Lipinski definition) is 1. The molecular formula is C20H23N. The number of nitrogens with zero attached hydrogens (tertiary/aromatic N) is 1. The van der Waals surface area contributed by atoms with E-state index < -0.39 is 0 Å². The first-order valence-electron chi connectivity index (χ1n) is 7.33. The lowest BCUT2D eigenvalue weighted by molar-refractivity contribution is 0.867. The van der Waals surface area contributed by atoms with Gasteiger partial charge in [0.15, 0.2) is 0 Å². The molecule has 0 amide bonds. The number of rotatable bonds is 4. The zero-order valence-corrected chi connectivity index (χ0v) is 13.4. The molecule has 0 aliphatic carbocycles. The second-order valence-electron chi connectivity index (χ2n) is 5.79. The Balaban J connectivity index is 2.35. The summed E-state index contributed by atoms with van der Waals surface area (Å²) in [6.07, 6.45) is 5.58. The third-order valence-electron chi connectivity index (χ3n) is 3.73. The molecule has 0 radical (unpaired) electrons. The van der Waals surface area contributed by atoms with Gasteiger partial charge in [0.05, 0.1) is 6.54 Å². The minimum atomic E-state index is 0.624. The van der Waals surface area contributed by atoms with Crippen molar-refractivity contribution in [2.24, 2.45) is 0 Å². The highest BCUT2D eigenvalue weighted by atomic mass is 15.1. The van der Waals surface area contributed by atoms with Gasteiger partial charge in [0.25, 0.3) is 0 Å². The Bertz CT molecular complexity index is 636. The van der Waals surface area contributed by atoms with E-state index in [2.05, 4.69) is 74.9 Å². The Morgan fingerprint density at radius 2 is 1.48 bits per heavy atom. The van der Waals surface area contributed by atoms with Crippen LogP contribution < -0.4 is 4.90 Å². The standard InChI is InChI=1S/C20H23N/c1-6-11-21(14-19-9-7-15(2)8-10-19)20-17(4)12-16(3)13-18(20)5/h1,7-10,12-13H,11,14H2,2-5H3. The lowest BCUT2D eigenvalue weighted by Crippen LogP contribution is -2.24. The van der Waals surface area contributed by atoms with Crippen LogP contribution in [0.2, 0.25) is 0 Å². The molecule has 2 aromatic carbocycles. The highest BCUT2D eigenvalue weighted by Crippen LogP contribution is 2.27. The third kappa shape index (κ3) is 3.67. The lowest BCUT2D eigenvalue weighted by atomic mass is 10.0. The van der Waals surface area contributed by atoms with Gasteiger partial charge >= 0.3 is 0 Å². The van der Waals surface area contributed by atoms with Crippen LogP contribution >= 0.6 is 0 Å². The van der Waals surface area contributed by atoms with E-state index in [1.807, 2.05) is 0 Å². The Morgan fingerprint density at radius 3 is 2.00 bits per heavy atom. The second-order valence-corrected chi connectivity index (χ2v) is 5.79. The maximum absolute atomic E-state index is 5.58. The summed E-state index contributed by atoms with van der Waals surface area (Å²) >= 11 is 0. The van der Waals surface area contributed by atoms with E-state index in [-0.39, 0.29) is 0 Å². The average Bonchev–Trinajstić information content (AvgIpc) is 2.40. The summed E-state index contributed by atoms with van der Waals surface area (Å²) in [5, 5.41) is 0. The first-order chi connectivity index (χ1) is 10.0. The normalized spacial score (nSPS) is 10.2.